The smallest absolute Gasteiger partial charge is 0.370 e. The van der Waals surface area contributed by atoms with Gasteiger partial charge in [0.25, 0.3) is 5.91 Å². The maximum atomic E-state index is 12.1. The lowest BCUT2D eigenvalue weighted by Crippen LogP contribution is -2.36. The summed E-state index contributed by atoms with van der Waals surface area (Å²) >= 11 is 0. The molecule has 136 valence electrons. The van der Waals surface area contributed by atoms with Crippen molar-refractivity contribution in [1.82, 2.24) is 14.9 Å². The fourth-order valence-corrected chi connectivity index (χ4v) is 2.24. The largest absolute Gasteiger partial charge is 0.411 e. The lowest BCUT2D eigenvalue weighted by atomic mass is 10.2. The zero-order valence-electron chi connectivity index (χ0n) is 13.7. The summed E-state index contributed by atoms with van der Waals surface area (Å²) in [5.41, 5.74) is 1.36. The van der Waals surface area contributed by atoms with Crippen molar-refractivity contribution < 1.29 is 22.7 Å². The summed E-state index contributed by atoms with van der Waals surface area (Å²) in [6, 6.07) is 5.72. The maximum absolute atomic E-state index is 12.1. The Morgan fingerprint density at radius 2 is 1.96 bits per heavy atom. The number of carbonyl (C=O) groups excluding carboxylic acids is 1. The highest BCUT2D eigenvalue weighted by Gasteiger charge is 2.27. The highest BCUT2D eigenvalue weighted by molar-refractivity contribution is 5.94. The number of ether oxygens (including phenoxy) is 1. The van der Waals surface area contributed by atoms with Crippen LogP contribution in [0.25, 0.3) is 5.69 Å². The van der Waals surface area contributed by atoms with Gasteiger partial charge in [-0.15, -0.1) is 0 Å². The number of carbonyl (C=O) groups is 1. The van der Waals surface area contributed by atoms with E-state index in [0.29, 0.717) is 11.3 Å². The number of halogens is 3. The van der Waals surface area contributed by atoms with E-state index in [0.717, 1.165) is 5.69 Å². The Hall–Kier alpha value is -2.55. The van der Waals surface area contributed by atoms with Gasteiger partial charge in [0, 0.05) is 23.5 Å². The zero-order valence-corrected chi connectivity index (χ0v) is 13.7. The number of aromatic nitrogens is 2. The topological polar surface area (TPSA) is 76.1 Å². The van der Waals surface area contributed by atoms with E-state index in [9.17, 15) is 22.8 Å². The molecule has 0 bridgehead atoms. The van der Waals surface area contributed by atoms with Crippen LogP contribution in [-0.2, 0) is 4.74 Å². The molecular weight excluding hydrogens is 339 g/mol. The van der Waals surface area contributed by atoms with Crippen molar-refractivity contribution in [3.05, 3.63) is 52.2 Å². The number of hydrogen-bond acceptors (Lipinski definition) is 3. The molecule has 1 atom stereocenters. The van der Waals surface area contributed by atoms with Gasteiger partial charge < -0.3 is 15.0 Å². The molecule has 9 heteroatoms. The van der Waals surface area contributed by atoms with Crippen LogP contribution in [0.4, 0.5) is 13.2 Å². The highest BCUT2D eigenvalue weighted by Crippen LogP contribution is 2.14. The van der Waals surface area contributed by atoms with Crippen molar-refractivity contribution in [2.45, 2.75) is 26.1 Å². The summed E-state index contributed by atoms with van der Waals surface area (Å²) in [5.74, 6) is -0.437. The normalized spacial score (nSPS) is 12.8. The third-order valence-corrected chi connectivity index (χ3v) is 3.36. The molecule has 0 saturated heterocycles. The molecule has 0 fully saturated rings. The molecule has 0 radical (unpaired) electrons. The summed E-state index contributed by atoms with van der Waals surface area (Å²) in [6.07, 6.45) is -2.82. The molecule has 25 heavy (non-hydrogen) atoms. The lowest BCUT2D eigenvalue weighted by molar-refractivity contribution is -0.174. The van der Waals surface area contributed by atoms with E-state index in [1.165, 1.54) is 16.7 Å². The van der Waals surface area contributed by atoms with Gasteiger partial charge in [-0.05, 0) is 38.1 Å². The van der Waals surface area contributed by atoms with E-state index in [4.69, 9.17) is 0 Å². The molecule has 2 N–H and O–H groups in total. The minimum Gasteiger partial charge on any atom is -0.370 e. The zero-order chi connectivity index (χ0) is 18.6. The molecule has 0 aliphatic rings. The molecular formula is C16H18F3N3O3. The van der Waals surface area contributed by atoms with Gasteiger partial charge in [0.05, 0.1) is 12.3 Å². The minimum absolute atomic E-state index is 0.249. The van der Waals surface area contributed by atoms with Gasteiger partial charge in [0.1, 0.15) is 6.61 Å². The highest BCUT2D eigenvalue weighted by atomic mass is 19.4. The summed E-state index contributed by atoms with van der Waals surface area (Å²) in [6.45, 7) is 1.71. The van der Waals surface area contributed by atoms with Crippen LogP contribution in [0, 0.1) is 6.92 Å². The van der Waals surface area contributed by atoms with Crippen LogP contribution >= 0.6 is 0 Å². The SMILES string of the molecule is Cc1c[nH]c(=O)n1-c1ccc(C(=O)NC(C)COCC(F)(F)F)cc1. The van der Waals surface area contributed by atoms with E-state index < -0.39 is 24.7 Å². The van der Waals surface area contributed by atoms with E-state index >= 15 is 0 Å². The van der Waals surface area contributed by atoms with Crippen LogP contribution in [0.3, 0.4) is 0 Å². The fraction of sp³-hybridized carbons (Fsp3) is 0.375. The van der Waals surface area contributed by atoms with Gasteiger partial charge in [-0.3, -0.25) is 9.36 Å². The Morgan fingerprint density at radius 1 is 1.32 bits per heavy atom. The second-order valence-corrected chi connectivity index (χ2v) is 5.62. The van der Waals surface area contributed by atoms with Crippen molar-refractivity contribution in [3.63, 3.8) is 0 Å². The number of imidazole rings is 1. The van der Waals surface area contributed by atoms with Crippen LogP contribution < -0.4 is 11.0 Å². The van der Waals surface area contributed by atoms with Gasteiger partial charge >= 0.3 is 11.9 Å². The minimum atomic E-state index is -4.39. The molecule has 1 aromatic heterocycles. The average molecular weight is 357 g/mol. The number of nitrogens with one attached hydrogen (secondary N) is 2. The lowest BCUT2D eigenvalue weighted by Gasteiger charge is -2.15. The molecule has 1 amide bonds. The first kappa shape index (κ1) is 18.8. The van der Waals surface area contributed by atoms with Crippen molar-refractivity contribution in [2.75, 3.05) is 13.2 Å². The third-order valence-electron chi connectivity index (χ3n) is 3.36. The molecule has 6 nitrogen and oxygen atoms in total. The predicted molar refractivity (Wildman–Crippen MR) is 84.9 cm³/mol. The van der Waals surface area contributed by atoms with Gasteiger partial charge in [-0.2, -0.15) is 13.2 Å². The van der Waals surface area contributed by atoms with Crippen LogP contribution in [0.5, 0.6) is 0 Å². The number of amides is 1. The second-order valence-electron chi connectivity index (χ2n) is 5.62. The third kappa shape index (κ3) is 5.21. The molecule has 0 aliphatic carbocycles. The average Bonchev–Trinajstić information content (AvgIpc) is 2.85. The Labute approximate surface area is 141 Å². The number of rotatable bonds is 6. The van der Waals surface area contributed by atoms with E-state index in [1.54, 1.807) is 32.2 Å². The Bertz CT molecular complexity index is 778. The Kier molecular flexibility index (Phi) is 5.68. The van der Waals surface area contributed by atoms with E-state index in [1.807, 2.05) is 0 Å². The number of alkyl halides is 3. The second kappa shape index (κ2) is 7.56. The Morgan fingerprint density at radius 3 is 2.48 bits per heavy atom. The van der Waals surface area contributed by atoms with Crippen LogP contribution in [0.15, 0.2) is 35.3 Å². The molecule has 0 saturated carbocycles. The summed E-state index contributed by atoms with van der Waals surface area (Å²) < 4.78 is 42.0. The van der Waals surface area contributed by atoms with Crippen molar-refractivity contribution >= 4 is 5.91 Å². The number of nitrogens with zero attached hydrogens (tertiary/aromatic N) is 1. The maximum Gasteiger partial charge on any atom is 0.411 e. The van der Waals surface area contributed by atoms with Crippen molar-refractivity contribution in [2.24, 2.45) is 0 Å². The molecule has 2 aromatic rings. The standard InChI is InChI=1S/C16H18F3N3O3/c1-10(8-25-9-16(17,18)19)21-14(23)12-3-5-13(6-4-12)22-11(2)7-20-15(22)24/h3-7,10H,8-9H2,1-2H3,(H,20,24)(H,21,23). The molecule has 0 aliphatic heterocycles. The van der Waals surface area contributed by atoms with E-state index in [2.05, 4.69) is 15.0 Å². The number of H-pyrrole nitrogens is 1. The molecule has 2 rings (SSSR count). The van der Waals surface area contributed by atoms with Gasteiger partial charge in [-0.25, -0.2) is 4.79 Å². The first-order chi connectivity index (χ1) is 11.7. The molecule has 1 aromatic carbocycles. The summed E-state index contributed by atoms with van der Waals surface area (Å²) in [7, 11) is 0. The molecule has 0 spiro atoms. The van der Waals surface area contributed by atoms with Crippen molar-refractivity contribution in [3.8, 4) is 5.69 Å². The summed E-state index contributed by atoms with van der Waals surface area (Å²) in [4.78, 5) is 26.4. The monoisotopic (exact) mass is 357 g/mol. The molecule has 1 unspecified atom stereocenters. The van der Waals surface area contributed by atoms with Gasteiger partial charge in [0.15, 0.2) is 0 Å². The first-order valence-corrected chi connectivity index (χ1v) is 7.50. The van der Waals surface area contributed by atoms with E-state index in [-0.39, 0.29) is 12.3 Å². The molecule has 1 heterocycles. The van der Waals surface area contributed by atoms with Crippen LogP contribution in [-0.4, -0.2) is 40.9 Å². The fourth-order valence-electron chi connectivity index (χ4n) is 2.24. The van der Waals surface area contributed by atoms with Gasteiger partial charge in [0.2, 0.25) is 0 Å². The number of aromatic amines is 1. The first-order valence-electron chi connectivity index (χ1n) is 7.50. The van der Waals surface area contributed by atoms with Crippen LogP contribution in [0.1, 0.15) is 23.0 Å². The summed E-state index contributed by atoms with van der Waals surface area (Å²) in [5, 5.41) is 2.55. The van der Waals surface area contributed by atoms with Crippen LogP contribution in [0.2, 0.25) is 0 Å². The number of hydrogen-bond donors (Lipinski definition) is 2. The Balaban J connectivity index is 1.95. The van der Waals surface area contributed by atoms with Gasteiger partial charge in [-0.1, -0.05) is 0 Å². The van der Waals surface area contributed by atoms with Crippen molar-refractivity contribution in [1.29, 1.82) is 0 Å². The predicted octanol–water partition coefficient (Wildman–Crippen LogP) is 2.17. The number of aryl methyl sites for hydroxylation is 1. The quantitative estimate of drug-likeness (QED) is 0.832. The number of benzene rings is 1.